The third-order valence-electron chi connectivity index (χ3n) is 5.28. The van der Waals surface area contributed by atoms with Crippen molar-refractivity contribution in [1.29, 1.82) is 0 Å². The third kappa shape index (κ3) is 7.25. The van der Waals surface area contributed by atoms with Crippen LogP contribution < -0.4 is 10.6 Å². The average molecular weight is 350 g/mol. The Morgan fingerprint density at radius 3 is 2.62 bits per heavy atom. The highest BCUT2D eigenvalue weighted by molar-refractivity contribution is 4.82. The number of nitrogens with zero attached hydrogens (tertiary/aromatic N) is 2. The standard InChI is InChI=1S/C17H33F3N4/c1-14-11-21-7-9-23(2)16-4-3-8-24(13-16)12-15(5-6-22-14)10-17(18,19)20/h14-16,21-22H,3-13H2,1-2H3. The van der Waals surface area contributed by atoms with Crippen molar-refractivity contribution in [2.45, 2.75) is 50.9 Å². The van der Waals surface area contributed by atoms with Crippen molar-refractivity contribution in [3.8, 4) is 0 Å². The first kappa shape index (κ1) is 19.9. The summed E-state index contributed by atoms with van der Waals surface area (Å²) in [4.78, 5) is 4.62. The molecule has 0 aliphatic carbocycles. The van der Waals surface area contributed by atoms with Crippen molar-refractivity contribution in [2.75, 3.05) is 52.9 Å². The summed E-state index contributed by atoms with van der Waals surface area (Å²) >= 11 is 0. The van der Waals surface area contributed by atoms with E-state index in [4.69, 9.17) is 0 Å². The molecule has 2 rings (SSSR count). The maximum Gasteiger partial charge on any atom is 0.389 e. The van der Waals surface area contributed by atoms with E-state index < -0.39 is 12.6 Å². The molecule has 2 heterocycles. The number of likely N-dealkylation sites (N-methyl/N-ethyl adjacent to an activating group) is 1. The van der Waals surface area contributed by atoms with Gasteiger partial charge in [0.2, 0.25) is 0 Å². The molecule has 24 heavy (non-hydrogen) atoms. The molecule has 0 spiro atoms. The highest BCUT2D eigenvalue weighted by atomic mass is 19.4. The summed E-state index contributed by atoms with van der Waals surface area (Å²) in [7, 11) is 2.14. The Morgan fingerprint density at radius 1 is 1.08 bits per heavy atom. The van der Waals surface area contributed by atoms with Gasteiger partial charge in [-0.3, -0.25) is 0 Å². The summed E-state index contributed by atoms with van der Waals surface area (Å²) in [5, 5.41) is 6.80. The molecule has 0 aromatic heterocycles. The first-order valence-electron chi connectivity index (χ1n) is 9.27. The Hall–Kier alpha value is -0.370. The van der Waals surface area contributed by atoms with Crippen LogP contribution >= 0.6 is 0 Å². The molecular weight excluding hydrogens is 317 g/mol. The van der Waals surface area contributed by atoms with Crippen LogP contribution in [0, 0.1) is 5.92 Å². The fourth-order valence-corrected chi connectivity index (χ4v) is 3.87. The second kappa shape index (κ2) is 9.36. The molecule has 0 radical (unpaired) electrons. The number of piperidine rings is 1. The van der Waals surface area contributed by atoms with E-state index in [1.807, 2.05) is 0 Å². The van der Waals surface area contributed by atoms with Gasteiger partial charge in [-0.1, -0.05) is 0 Å². The fraction of sp³-hybridized carbons (Fsp3) is 1.00. The van der Waals surface area contributed by atoms with Crippen molar-refractivity contribution in [3.63, 3.8) is 0 Å². The smallest absolute Gasteiger partial charge is 0.314 e. The molecule has 142 valence electrons. The van der Waals surface area contributed by atoms with Crippen LogP contribution in [0.3, 0.4) is 0 Å². The van der Waals surface area contributed by atoms with E-state index in [1.54, 1.807) is 0 Å². The van der Waals surface area contributed by atoms with Gasteiger partial charge in [0.05, 0.1) is 0 Å². The van der Waals surface area contributed by atoms with Crippen LogP contribution in [0.4, 0.5) is 13.2 Å². The Morgan fingerprint density at radius 2 is 1.88 bits per heavy atom. The second-order valence-corrected chi connectivity index (χ2v) is 7.57. The van der Waals surface area contributed by atoms with Crippen LogP contribution in [0.25, 0.3) is 0 Å². The van der Waals surface area contributed by atoms with Gasteiger partial charge in [0.1, 0.15) is 0 Å². The van der Waals surface area contributed by atoms with Crippen molar-refractivity contribution in [3.05, 3.63) is 0 Å². The van der Waals surface area contributed by atoms with E-state index in [9.17, 15) is 13.2 Å². The monoisotopic (exact) mass is 350 g/mol. The predicted molar refractivity (Wildman–Crippen MR) is 91.2 cm³/mol. The second-order valence-electron chi connectivity index (χ2n) is 7.57. The van der Waals surface area contributed by atoms with E-state index in [-0.39, 0.29) is 12.0 Å². The largest absolute Gasteiger partial charge is 0.389 e. The molecule has 0 aromatic rings. The first-order valence-corrected chi connectivity index (χ1v) is 9.27. The average Bonchev–Trinajstić information content (AvgIpc) is 2.49. The van der Waals surface area contributed by atoms with Gasteiger partial charge in [-0.2, -0.15) is 13.2 Å². The van der Waals surface area contributed by atoms with E-state index >= 15 is 0 Å². The molecule has 2 aliphatic rings. The normalized spacial score (nSPS) is 35.4. The molecular formula is C17H33F3N4. The number of fused-ring (bicyclic) bond motifs is 2. The van der Waals surface area contributed by atoms with Crippen molar-refractivity contribution in [2.24, 2.45) is 5.92 Å². The lowest BCUT2D eigenvalue weighted by Crippen LogP contribution is -2.50. The number of nitrogens with one attached hydrogen (secondary N) is 2. The maximum absolute atomic E-state index is 12.9. The van der Waals surface area contributed by atoms with Gasteiger partial charge in [0.15, 0.2) is 0 Å². The molecule has 4 unspecified atom stereocenters. The van der Waals surface area contributed by atoms with Crippen LogP contribution in [0.15, 0.2) is 0 Å². The zero-order valence-electron chi connectivity index (χ0n) is 15.0. The number of alkyl halides is 3. The Bertz CT molecular complexity index is 364. The van der Waals surface area contributed by atoms with Crippen LogP contribution in [0.1, 0.15) is 32.6 Å². The molecule has 2 saturated heterocycles. The summed E-state index contributed by atoms with van der Waals surface area (Å²) < 4.78 is 38.8. The Kier molecular flexibility index (Phi) is 7.78. The van der Waals surface area contributed by atoms with E-state index in [0.717, 1.165) is 45.6 Å². The Labute approximate surface area is 144 Å². The zero-order chi connectivity index (χ0) is 17.6. The molecule has 7 heteroatoms. The highest BCUT2D eigenvalue weighted by Gasteiger charge is 2.33. The molecule has 0 saturated carbocycles. The third-order valence-corrected chi connectivity index (χ3v) is 5.28. The van der Waals surface area contributed by atoms with Crippen LogP contribution in [-0.4, -0.2) is 80.9 Å². The van der Waals surface area contributed by atoms with Crippen LogP contribution in [0.5, 0.6) is 0 Å². The minimum absolute atomic E-state index is 0.282. The molecule has 2 N–H and O–H groups in total. The van der Waals surface area contributed by atoms with Gasteiger partial charge in [-0.15, -0.1) is 0 Å². The van der Waals surface area contributed by atoms with Crippen molar-refractivity contribution < 1.29 is 13.2 Å². The van der Waals surface area contributed by atoms with Gasteiger partial charge in [0, 0.05) is 51.2 Å². The molecule has 2 fully saturated rings. The highest BCUT2D eigenvalue weighted by Crippen LogP contribution is 2.28. The van der Waals surface area contributed by atoms with E-state index in [2.05, 4.69) is 34.4 Å². The predicted octanol–water partition coefficient (Wildman–Crippen LogP) is 1.92. The van der Waals surface area contributed by atoms with Crippen molar-refractivity contribution >= 4 is 0 Å². The molecule has 0 aromatic carbocycles. The summed E-state index contributed by atoms with van der Waals surface area (Å²) in [5.41, 5.74) is 0. The van der Waals surface area contributed by atoms with Gasteiger partial charge in [-0.25, -0.2) is 0 Å². The first-order chi connectivity index (χ1) is 11.3. The van der Waals surface area contributed by atoms with Gasteiger partial charge >= 0.3 is 6.18 Å². The summed E-state index contributed by atoms with van der Waals surface area (Å²) in [5.74, 6) is -0.315. The van der Waals surface area contributed by atoms with Crippen LogP contribution in [0.2, 0.25) is 0 Å². The topological polar surface area (TPSA) is 30.5 Å². The maximum atomic E-state index is 12.9. The van der Waals surface area contributed by atoms with E-state index in [1.165, 1.54) is 0 Å². The number of hydrogen-bond acceptors (Lipinski definition) is 4. The molecule has 2 bridgehead atoms. The van der Waals surface area contributed by atoms with Gasteiger partial charge in [-0.05, 0) is 52.2 Å². The number of hydrogen-bond donors (Lipinski definition) is 2. The fourth-order valence-electron chi connectivity index (χ4n) is 3.87. The zero-order valence-corrected chi connectivity index (χ0v) is 15.0. The molecule has 4 nitrogen and oxygen atoms in total. The molecule has 0 amide bonds. The van der Waals surface area contributed by atoms with Gasteiger partial charge < -0.3 is 20.4 Å². The van der Waals surface area contributed by atoms with Gasteiger partial charge in [0.25, 0.3) is 0 Å². The number of rotatable bonds is 1. The molecule has 2 aliphatic heterocycles. The minimum atomic E-state index is -4.07. The van der Waals surface area contributed by atoms with Crippen LogP contribution in [-0.2, 0) is 0 Å². The lowest BCUT2D eigenvalue weighted by atomic mass is 9.97. The quantitative estimate of drug-likeness (QED) is 0.757. The van der Waals surface area contributed by atoms with Crippen molar-refractivity contribution in [1.82, 2.24) is 20.4 Å². The lowest BCUT2D eigenvalue weighted by Gasteiger charge is -2.39. The Balaban J connectivity index is 2.00. The van der Waals surface area contributed by atoms with E-state index in [0.29, 0.717) is 25.6 Å². The number of halogens is 3. The summed E-state index contributed by atoms with van der Waals surface area (Å²) in [6.45, 7) is 7.93. The summed E-state index contributed by atoms with van der Waals surface area (Å²) in [6.07, 6.45) is -1.93. The molecule has 4 atom stereocenters. The lowest BCUT2D eigenvalue weighted by molar-refractivity contribution is -0.146. The SMILES string of the molecule is CC1CNCCN(C)C2CCCN(CC(CC(F)(F)F)CCN1)C2. The summed E-state index contributed by atoms with van der Waals surface area (Å²) in [6, 6.07) is 0.746. The minimum Gasteiger partial charge on any atom is -0.314 e.